The molecule has 5 atom stereocenters. The zero-order valence-electron chi connectivity index (χ0n) is 16.8. The van der Waals surface area contributed by atoms with E-state index in [4.69, 9.17) is 9.05 Å². The molecule has 0 heterocycles. The van der Waals surface area contributed by atoms with Crippen molar-refractivity contribution >= 4 is 26.9 Å². The topological polar surface area (TPSA) is 18.5 Å². The molecule has 0 spiro atoms. The maximum atomic E-state index is 5.70. The van der Waals surface area contributed by atoms with Crippen molar-refractivity contribution in [3.8, 4) is 0 Å². The monoisotopic (exact) mass is 426 g/mol. The van der Waals surface area contributed by atoms with Gasteiger partial charge in [-0.25, -0.2) is 0 Å². The maximum Gasteiger partial charge on any atom is 0.0836 e. The summed E-state index contributed by atoms with van der Waals surface area (Å²) in [5, 5.41) is 0. The third kappa shape index (κ3) is 18.8. The van der Waals surface area contributed by atoms with Gasteiger partial charge in [-0.2, -0.15) is 0 Å². The van der Waals surface area contributed by atoms with E-state index in [9.17, 15) is 0 Å². The van der Waals surface area contributed by atoms with Crippen LogP contribution in [0.1, 0.15) is 52.4 Å². The fourth-order valence-electron chi connectivity index (χ4n) is 2.12. The van der Waals surface area contributed by atoms with Crippen molar-refractivity contribution in [1.29, 1.82) is 0 Å². The van der Waals surface area contributed by atoms with Crippen LogP contribution in [0, 0.1) is 0 Å². The Balaban J connectivity index is 4.24. The fraction of sp³-hybridized carbons (Fsp3) is 0.455. The van der Waals surface area contributed by atoms with Crippen LogP contribution in [0.15, 0.2) is 72.9 Å². The summed E-state index contributed by atoms with van der Waals surface area (Å²) in [4.78, 5) is 0. The first kappa shape index (κ1) is 26.6. The van der Waals surface area contributed by atoms with Gasteiger partial charge in [0.05, 0.1) is 12.2 Å². The minimum Gasteiger partial charge on any atom is -0.358 e. The number of allylic oxidation sites excluding steroid dienone is 8. The van der Waals surface area contributed by atoms with Crippen molar-refractivity contribution in [1.82, 2.24) is 0 Å². The second-order valence-electron chi connectivity index (χ2n) is 5.92. The molecule has 27 heavy (non-hydrogen) atoms. The Hall–Kier alpha value is -0.350. The van der Waals surface area contributed by atoms with Crippen molar-refractivity contribution in [2.24, 2.45) is 0 Å². The standard InChI is InChI=1S/C22H37O2P3/c1-3-5-7-8-9-10-14-17-21(23-25)18-15-11-12-16-20-22(24-27-26)19-13-6-4-2/h6-8,10-16,18,20-22,27H,3-5,9,17,19,25-26H2,1-2H3/b8-7-,12-11-,13-6-,14-10-,18-15-,20-16-. The summed E-state index contributed by atoms with van der Waals surface area (Å²) in [6, 6.07) is 0. The second kappa shape index (κ2) is 21.9. The lowest BCUT2D eigenvalue weighted by Gasteiger charge is -2.09. The molecule has 0 aliphatic carbocycles. The molecule has 0 amide bonds. The number of rotatable bonds is 16. The SMILES string of the molecule is CC/C=C\CC(\C=C/C=C\C=C/C(C/C=C\C/C=C\CCC)OP)OPP. The van der Waals surface area contributed by atoms with E-state index >= 15 is 0 Å². The Morgan fingerprint density at radius 2 is 1.44 bits per heavy atom. The van der Waals surface area contributed by atoms with Gasteiger partial charge in [-0.3, -0.25) is 0 Å². The highest BCUT2D eigenvalue weighted by molar-refractivity contribution is 8.00. The molecule has 5 heteroatoms. The van der Waals surface area contributed by atoms with Gasteiger partial charge in [0.2, 0.25) is 0 Å². The van der Waals surface area contributed by atoms with Crippen LogP contribution in [-0.4, -0.2) is 12.2 Å². The van der Waals surface area contributed by atoms with E-state index in [0.717, 1.165) is 32.1 Å². The van der Waals surface area contributed by atoms with Crippen LogP contribution >= 0.6 is 26.9 Å². The number of unbranched alkanes of at least 4 members (excludes halogenated alkanes) is 1. The smallest absolute Gasteiger partial charge is 0.0836 e. The quantitative estimate of drug-likeness (QED) is 0.143. The van der Waals surface area contributed by atoms with Crippen molar-refractivity contribution in [3.05, 3.63) is 72.9 Å². The largest absolute Gasteiger partial charge is 0.358 e. The van der Waals surface area contributed by atoms with Gasteiger partial charge >= 0.3 is 0 Å². The Kier molecular flexibility index (Phi) is 21.7. The molecule has 0 N–H and O–H groups in total. The molecule has 2 nitrogen and oxygen atoms in total. The zero-order chi connectivity index (χ0) is 20.0. The first-order valence-corrected chi connectivity index (χ1v) is 12.9. The van der Waals surface area contributed by atoms with Crippen molar-refractivity contribution in [3.63, 3.8) is 0 Å². The molecule has 0 saturated carbocycles. The van der Waals surface area contributed by atoms with E-state index in [1.165, 1.54) is 6.42 Å². The summed E-state index contributed by atoms with van der Waals surface area (Å²) in [6.45, 7) is 4.33. The Morgan fingerprint density at radius 1 is 0.815 bits per heavy atom. The molecule has 0 aliphatic heterocycles. The van der Waals surface area contributed by atoms with Gasteiger partial charge in [0.25, 0.3) is 0 Å². The average molecular weight is 426 g/mol. The van der Waals surface area contributed by atoms with Crippen molar-refractivity contribution in [2.45, 2.75) is 64.6 Å². The van der Waals surface area contributed by atoms with Gasteiger partial charge in [-0.1, -0.05) is 102 Å². The second-order valence-corrected chi connectivity index (χ2v) is 7.37. The Bertz CT molecular complexity index is 494. The van der Waals surface area contributed by atoms with E-state index in [2.05, 4.69) is 80.9 Å². The summed E-state index contributed by atoms with van der Waals surface area (Å²) in [7, 11) is 5.41. The summed E-state index contributed by atoms with van der Waals surface area (Å²) in [5.74, 6) is 0. The van der Waals surface area contributed by atoms with Crippen LogP contribution in [0.3, 0.4) is 0 Å². The molecule has 0 fully saturated rings. The predicted octanol–water partition coefficient (Wildman–Crippen LogP) is 7.65. The summed E-state index contributed by atoms with van der Waals surface area (Å²) in [6.07, 6.45) is 31.9. The lowest BCUT2D eigenvalue weighted by Crippen LogP contribution is -2.01. The predicted molar refractivity (Wildman–Crippen MR) is 131 cm³/mol. The zero-order valence-corrected chi connectivity index (χ0v) is 20.1. The van der Waals surface area contributed by atoms with Crippen LogP contribution in [0.5, 0.6) is 0 Å². The van der Waals surface area contributed by atoms with Crippen molar-refractivity contribution in [2.75, 3.05) is 0 Å². The first-order chi connectivity index (χ1) is 13.3. The molecule has 0 bridgehead atoms. The third-order valence-electron chi connectivity index (χ3n) is 3.58. The van der Waals surface area contributed by atoms with Gasteiger partial charge in [-0.15, -0.1) is 0 Å². The highest BCUT2D eigenvalue weighted by Gasteiger charge is 2.00. The van der Waals surface area contributed by atoms with E-state index in [1.54, 1.807) is 0 Å². The third-order valence-corrected chi connectivity index (χ3v) is 4.78. The fourth-order valence-corrected chi connectivity index (χ4v) is 3.20. The van der Waals surface area contributed by atoms with E-state index in [-0.39, 0.29) is 12.2 Å². The lowest BCUT2D eigenvalue weighted by molar-refractivity contribution is 0.296. The van der Waals surface area contributed by atoms with Crippen LogP contribution in [0.25, 0.3) is 0 Å². The minimum absolute atomic E-state index is 0.0769. The molecule has 0 aromatic carbocycles. The molecule has 0 aromatic heterocycles. The van der Waals surface area contributed by atoms with E-state index in [0.29, 0.717) is 8.50 Å². The first-order valence-electron chi connectivity index (χ1n) is 9.71. The maximum absolute atomic E-state index is 5.70. The van der Waals surface area contributed by atoms with Gasteiger partial charge in [0.1, 0.15) is 0 Å². The normalized spacial score (nSPS) is 16.0. The molecule has 0 rings (SSSR count). The Labute approximate surface area is 173 Å². The van der Waals surface area contributed by atoms with E-state index < -0.39 is 0 Å². The molecule has 0 aromatic rings. The molecular formula is C22H37O2P3. The summed E-state index contributed by atoms with van der Waals surface area (Å²) in [5.41, 5.74) is 0. The van der Waals surface area contributed by atoms with Gasteiger partial charge in [-0.05, 0) is 32.1 Å². The van der Waals surface area contributed by atoms with Crippen molar-refractivity contribution < 1.29 is 9.05 Å². The summed E-state index contributed by atoms with van der Waals surface area (Å²) < 4.78 is 11.1. The molecule has 0 saturated heterocycles. The van der Waals surface area contributed by atoms with Crippen LogP contribution in [0.4, 0.5) is 0 Å². The molecule has 0 radical (unpaired) electrons. The van der Waals surface area contributed by atoms with E-state index in [1.807, 2.05) is 24.3 Å². The highest BCUT2D eigenvalue weighted by atomic mass is 32.0. The highest BCUT2D eigenvalue weighted by Crippen LogP contribution is 2.25. The van der Waals surface area contributed by atoms with Gasteiger partial charge in [0.15, 0.2) is 0 Å². The minimum atomic E-state index is 0.0769. The average Bonchev–Trinajstić information content (AvgIpc) is 2.68. The van der Waals surface area contributed by atoms with Crippen LogP contribution in [-0.2, 0) is 9.05 Å². The van der Waals surface area contributed by atoms with Crippen LogP contribution < -0.4 is 0 Å². The lowest BCUT2D eigenvalue weighted by atomic mass is 10.2. The number of hydrogen-bond acceptors (Lipinski definition) is 2. The molecular weight excluding hydrogens is 389 g/mol. The van der Waals surface area contributed by atoms with Gasteiger partial charge < -0.3 is 9.05 Å². The number of hydrogen-bond donors (Lipinski definition) is 0. The molecule has 0 aliphatic rings. The molecule has 5 unspecified atom stereocenters. The van der Waals surface area contributed by atoms with Gasteiger partial charge in [0, 0.05) is 18.0 Å². The van der Waals surface area contributed by atoms with Crippen LogP contribution in [0.2, 0.25) is 0 Å². The summed E-state index contributed by atoms with van der Waals surface area (Å²) >= 11 is 0. The molecule has 152 valence electrons. The Morgan fingerprint density at radius 3 is 2.07 bits per heavy atom.